The van der Waals surface area contributed by atoms with Crippen molar-refractivity contribution >= 4 is 16.9 Å². The molecule has 7 heteroatoms. The predicted octanol–water partition coefficient (Wildman–Crippen LogP) is 2.24. The Kier molecular flexibility index (Phi) is 3.62. The van der Waals surface area contributed by atoms with E-state index in [1.54, 1.807) is 0 Å². The Bertz CT molecular complexity index is 544. The monoisotopic (exact) mass is 318 g/mol. The topological polar surface area (TPSA) is 52.3 Å². The lowest BCUT2D eigenvalue weighted by Gasteiger charge is -2.38. The molecule has 0 amide bonds. The van der Waals surface area contributed by atoms with Crippen LogP contribution in [0.3, 0.4) is 0 Å². The van der Waals surface area contributed by atoms with Gasteiger partial charge in [0, 0.05) is 24.3 Å². The van der Waals surface area contributed by atoms with Crippen molar-refractivity contribution in [3.8, 4) is 0 Å². The summed E-state index contributed by atoms with van der Waals surface area (Å²) in [5.41, 5.74) is 5.51. The zero-order chi connectivity index (χ0) is 15.3. The number of likely N-dealkylation sites (tertiary alicyclic amines) is 1. The lowest BCUT2D eigenvalue weighted by molar-refractivity contribution is -0.138. The van der Waals surface area contributed by atoms with Crippen molar-refractivity contribution in [2.75, 3.05) is 30.3 Å². The maximum atomic E-state index is 13.1. The van der Waals surface area contributed by atoms with Crippen LogP contribution in [0.2, 0.25) is 0 Å². The van der Waals surface area contributed by atoms with Gasteiger partial charge in [0.2, 0.25) is 0 Å². The van der Waals surface area contributed by atoms with Crippen LogP contribution in [-0.4, -0.2) is 34.0 Å². The SMILES string of the molecule is Nc1cccc(C(F)(F)F)c1CN1CCC2(C1)C[S+]([O-])C2. The van der Waals surface area contributed by atoms with Gasteiger partial charge < -0.3 is 10.3 Å². The molecule has 1 aromatic carbocycles. The van der Waals surface area contributed by atoms with E-state index in [9.17, 15) is 17.7 Å². The molecule has 2 N–H and O–H groups in total. The molecule has 3 nitrogen and oxygen atoms in total. The zero-order valence-corrected chi connectivity index (χ0v) is 12.3. The molecular formula is C14H17F3N2OS. The first kappa shape index (κ1) is 15.0. The number of nitrogens with two attached hydrogens (primary N) is 1. The number of nitrogens with zero attached hydrogens (tertiary/aromatic N) is 1. The summed E-state index contributed by atoms with van der Waals surface area (Å²) in [5.74, 6) is 1.36. The first-order valence-electron chi connectivity index (χ1n) is 6.81. The number of rotatable bonds is 2. The van der Waals surface area contributed by atoms with Crippen LogP contribution in [-0.2, 0) is 23.9 Å². The van der Waals surface area contributed by atoms with Crippen LogP contribution in [0, 0.1) is 5.41 Å². The molecule has 2 fully saturated rings. The largest absolute Gasteiger partial charge is 0.616 e. The van der Waals surface area contributed by atoms with E-state index in [0.29, 0.717) is 18.1 Å². The highest BCUT2D eigenvalue weighted by Gasteiger charge is 2.52. The molecule has 116 valence electrons. The summed E-state index contributed by atoms with van der Waals surface area (Å²) in [6, 6.07) is 3.92. The van der Waals surface area contributed by atoms with E-state index in [1.165, 1.54) is 12.1 Å². The third-order valence-corrected chi connectivity index (χ3v) is 6.22. The van der Waals surface area contributed by atoms with Crippen molar-refractivity contribution in [1.82, 2.24) is 4.90 Å². The Hall–Kier alpha value is -0.920. The minimum Gasteiger partial charge on any atom is -0.616 e. The molecule has 21 heavy (non-hydrogen) atoms. The van der Waals surface area contributed by atoms with Gasteiger partial charge in [-0.05, 0) is 25.1 Å². The van der Waals surface area contributed by atoms with Crippen LogP contribution in [0.15, 0.2) is 18.2 Å². The molecular weight excluding hydrogens is 301 g/mol. The van der Waals surface area contributed by atoms with Crippen LogP contribution in [0.5, 0.6) is 0 Å². The van der Waals surface area contributed by atoms with Gasteiger partial charge in [0.1, 0.15) is 11.5 Å². The van der Waals surface area contributed by atoms with E-state index in [-0.39, 0.29) is 23.2 Å². The van der Waals surface area contributed by atoms with Crippen molar-refractivity contribution < 1.29 is 17.7 Å². The molecule has 1 aromatic rings. The Morgan fingerprint density at radius 3 is 2.67 bits per heavy atom. The van der Waals surface area contributed by atoms with Gasteiger partial charge in [-0.25, -0.2) is 0 Å². The standard InChI is InChI=1S/C14H17F3N2OS/c15-14(16,17)11-2-1-3-12(18)10(11)6-19-5-4-13(7-19)8-21(20)9-13/h1-3H,4-9,18H2. The van der Waals surface area contributed by atoms with E-state index in [2.05, 4.69) is 0 Å². The van der Waals surface area contributed by atoms with Gasteiger partial charge >= 0.3 is 6.18 Å². The van der Waals surface area contributed by atoms with E-state index in [0.717, 1.165) is 19.0 Å². The second-order valence-electron chi connectivity index (χ2n) is 6.06. The molecule has 0 aliphatic carbocycles. The van der Waals surface area contributed by atoms with E-state index < -0.39 is 22.9 Å². The van der Waals surface area contributed by atoms with E-state index >= 15 is 0 Å². The van der Waals surface area contributed by atoms with Gasteiger partial charge in [-0.15, -0.1) is 0 Å². The number of anilines is 1. The highest BCUT2D eigenvalue weighted by atomic mass is 32.2. The quantitative estimate of drug-likeness (QED) is 0.672. The summed E-state index contributed by atoms with van der Waals surface area (Å²) in [6.07, 6.45) is -3.48. The first-order chi connectivity index (χ1) is 9.79. The van der Waals surface area contributed by atoms with E-state index in [4.69, 9.17) is 5.73 Å². The second-order valence-corrected chi connectivity index (χ2v) is 7.52. The highest BCUT2D eigenvalue weighted by molar-refractivity contribution is 7.92. The number of hydrogen-bond donors (Lipinski definition) is 1. The molecule has 2 aliphatic rings. The number of nitrogen functional groups attached to an aromatic ring is 1. The van der Waals surface area contributed by atoms with Crippen LogP contribution < -0.4 is 5.73 Å². The third kappa shape index (κ3) is 2.86. The molecule has 2 heterocycles. The summed E-state index contributed by atoms with van der Waals surface area (Å²) in [4.78, 5) is 2.00. The summed E-state index contributed by atoms with van der Waals surface area (Å²) < 4.78 is 50.5. The maximum Gasteiger partial charge on any atom is 0.416 e. The molecule has 0 radical (unpaired) electrons. The van der Waals surface area contributed by atoms with Crippen molar-refractivity contribution in [1.29, 1.82) is 0 Å². The normalized spacial score (nSPS) is 29.8. The minimum atomic E-state index is -4.39. The summed E-state index contributed by atoms with van der Waals surface area (Å²) in [6.45, 7) is 1.66. The lowest BCUT2D eigenvalue weighted by atomic mass is 9.91. The molecule has 0 unspecified atom stereocenters. The van der Waals surface area contributed by atoms with E-state index in [1.807, 2.05) is 4.90 Å². The first-order valence-corrected chi connectivity index (χ1v) is 8.30. The van der Waals surface area contributed by atoms with Gasteiger partial charge in [-0.2, -0.15) is 13.2 Å². The Labute approximate surface area is 124 Å². The van der Waals surface area contributed by atoms with Crippen molar-refractivity contribution in [3.63, 3.8) is 0 Å². The van der Waals surface area contributed by atoms with Crippen molar-refractivity contribution in [2.24, 2.45) is 5.41 Å². The summed E-state index contributed by atoms with van der Waals surface area (Å²) in [5, 5.41) is 0. The van der Waals surface area contributed by atoms with Crippen LogP contribution in [0.1, 0.15) is 17.5 Å². The predicted molar refractivity (Wildman–Crippen MR) is 76.1 cm³/mol. The number of alkyl halides is 3. The average Bonchev–Trinajstić information content (AvgIpc) is 2.74. The fraction of sp³-hybridized carbons (Fsp3) is 0.571. The van der Waals surface area contributed by atoms with Crippen LogP contribution >= 0.6 is 0 Å². The molecule has 1 spiro atoms. The van der Waals surface area contributed by atoms with Gasteiger partial charge in [-0.3, -0.25) is 4.90 Å². The van der Waals surface area contributed by atoms with Crippen LogP contribution in [0.25, 0.3) is 0 Å². The number of halogens is 3. The third-order valence-electron chi connectivity index (χ3n) is 4.35. The minimum absolute atomic E-state index is 0.0623. The Morgan fingerprint density at radius 2 is 2.05 bits per heavy atom. The molecule has 2 aliphatic heterocycles. The highest BCUT2D eigenvalue weighted by Crippen LogP contribution is 2.43. The molecule has 0 atom stereocenters. The van der Waals surface area contributed by atoms with Crippen molar-refractivity contribution in [2.45, 2.75) is 19.1 Å². The summed E-state index contributed by atoms with van der Waals surface area (Å²) >= 11 is -0.737. The lowest BCUT2D eigenvalue weighted by Crippen LogP contribution is -2.50. The molecule has 3 rings (SSSR count). The Balaban J connectivity index is 1.77. The molecule has 2 saturated heterocycles. The number of benzene rings is 1. The molecule has 0 saturated carbocycles. The fourth-order valence-corrected chi connectivity index (χ4v) is 5.06. The fourth-order valence-electron chi connectivity index (χ4n) is 3.31. The molecule has 0 aromatic heterocycles. The summed E-state index contributed by atoms with van der Waals surface area (Å²) in [7, 11) is 0. The van der Waals surface area contributed by atoms with Crippen molar-refractivity contribution in [3.05, 3.63) is 29.3 Å². The van der Waals surface area contributed by atoms with Gasteiger partial charge in [0.05, 0.1) is 11.0 Å². The van der Waals surface area contributed by atoms with Gasteiger partial charge in [-0.1, -0.05) is 17.2 Å². The molecule has 0 bridgehead atoms. The number of hydrogen-bond acceptors (Lipinski definition) is 3. The maximum absolute atomic E-state index is 13.1. The van der Waals surface area contributed by atoms with Crippen LogP contribution in [0.4, 0.5) is 18.9 Å². The zero-order valence-electron chi connectivity index (χ0n) is 11.4. The Morgan fingerprint density at radius 1 is 1.33 bits per heavy atom. The van der Waals surface area contributed by atoms with Gasteiger partial charge in [0.15, 0.2) is 0 Å². The van der Waals surface area contributed by atoms with Gasteiger partial charge in [0.25, 0.3) is 0 Å². The second kappa shape index (κ2) is 5.07. The average molecular weight is 318 g/mol. The smallest absolute Gasteiger partial charge is 0.416 e.